The molecule has 50 valence electrons. The van der Waals surface area contributed by atoms with Crippen LogP contribution in [0.25, 0.3) is 0 Å². The zero-order chi connectivity index (χ0) is 6.57. The maximum absolute atomic E-state index is 11.3. The smallest absolute Gasteiger partial charge is 0.238 e. The van der Waals surface area contributed by atoms with Gasteiger partial charge in [-0.2, -0.15) is 0 Å². The maximum atomic E-state index is 11.3. The minimum absolute atomic E-state index is 0.0718. The molecule has 0 aliphatic rings. The molecule has 8 heavy (non-hydrogen) atoms. The second-order valence-electron chi connectivity index (χ2n) is 1.95. The van der Waals surface area contributed by atoms with Crippen molar-refractivity contribution in [1.29, 1.82) is 0 Å². The highest BCUT2D eigenvalue weighted by Crippen LogP contribution is 2.03. The molecule has 0 aliphatic carbocycles. The van der Waals surface area contributed by atoms with Crippen LogP contribution in [0.4, 0.5) is 8.78 Å². The molecule has 0 aromatic heterocycles. The largest absolute Gasteiger partial charge is 0.328 e. The van der Waals surface area contributed by atoms with Crippen LogP contribution in [-0.2, 0) is 0 Å². The first-order valence-electron chi connectivity index (χ1n) is 2.66. The van der Waals surface area contributed by atoms with Crippen molar-refractivity contribution < 1.29 is 8.78 Å². The fraction of sp³-hybridized carbons (Fsp3) is 1.00. The number of alkyl halides is 2. The van der Waals surface area contributed by atoms with Gasteiger partial charge in [-0.25, -0.2) is 8.78 Å². The van der Waals surface area contributed by atoms with Crippen LogP contribution in [0.2, 0.25) is 0 Å². The first-order valence-corrected chi connectivity index (χ1v) is 2.66. The molecule has 0 radical (unpaired) electrons. The Bertz CT molecular complexity index is 46.4. The van der Waals surface area contributed by atoms with Crippen LogP contribution in [-0.4, -0.2) is 12.5 Å². The van der Waals surface area contributed by atoms with E-state index < -0.39 is 6.43 Å². The van der Waals surface area contributed by atoms with E-state index in [0.29, 0.717) is 6.42 Å². The molecule has 2 N–H and O–H groups in total. The van der Waals surface area contributed by atoms with Crippen molar-refractivity contribution in [1.82, 2.24) is 0 Å². The Labute approximate surface area is 47.9 Å². The molecule has 3 heteroatoms. The predicted octanol–water partition coefficient (Wildman–Crippen LogP) is 1.38. The summed E-state index contributed by atoms with van der Waals surface area (Å²) in [4.78, 5) is 0. The van der Waals surface area contributed by atoms with Crippen molar-refractivity contribution in [3.8, 4) is 0 Å². The minimum Gasteiger partial charge on any atom is -0.328 e. The highest BCUT2D eigenvalue weighted by molar-refractivity contribution is 4.52. The van der Waals surface area contributed by atoms with Gasteiger partial charge in [-0.3, -0.25) is 0 Å². The van der Waals surface area contributed by atoms with Crippen LogP contribution >= 0.6 is 0 Å². The third-order valence-electron chi connectivity index (χ3n) is 0.840. The highest BCUT2D eigenvalue weighted by Gasteiger charge is 2.02. The minimum atomic E-state index is -2.19. The van der Waals surface area contributed by atoms with Gasteiger partial charge < -0.3 is 5.73 Å². The van der Waals surface area contributed by atoms with Gasteiger partial charge in [0.05, 0.1) is 0 Å². The molecule has 0 bridgehead atoms. The normalized spacial score (nSPS) is 14.6. The molecule has 0 spiro atoms. The maximum Gasteiger partial charge on any atom is 0.238 e. The summed E-state index contributed by atoms with van der Waals surface area (Å²) in [5, 5.41) is 0. The Morgan fingerprint density at radius 3 is 2.00 bits per heavy atom. The first-order chi connectivity index (χ1) is 3.63. The number of nitrogens with two attached hydrogens (primary N) is 1. The molecular formula is C5H11F2N. The fourth-order valence-corrected chi connectivity index (χ4v) is 0.389. The van der Waals surface area contributed by atoms with Gasteiger partial charge in [0, 0.05) is 12.5 Å². The van der Waals surface area contributed by atoms with Gasteiger partial charge in [0.25, 0.3) is 0 Å². The summed E-state index contributed by atoms with van der Waals surface area (Å²) < 4.78 is 22.7. The molecule has 0 fully saturated rings. The molecule has 0 aliphatic heterocycles. The standard InChI is InChI=1S/C5H11F2N/c1-4(8)2-3-5(6)7/h4-5H,2-3,8H2,1H3. The van der Waals surface area contributed by atoms with E-state index >= 15 is 0 Å². The number of hydrogen-bond donors (Lipinski definition) is 1. The summed E-state index contributed by atoms with van der Waals surface area (Å²) >= 11 is 0. The van der Waals surface area contributed by atoms with Crippen LogP contribution in [0.3, 0.4) is 0 Å². The zero-order valence-corrected chi connectivity index (χ0v) is 4.90. The Hall–Kier alpha value is -0.180. The van der Waals surface area contributed by atoms with E-state index in [1.165, 1.54) is 0 Å². The van der Waals surface area contributed by atoms with Crippen LogP contribution < -0.4 is 5.73 Å². The van der Waals surface area contributed by atoms with Crippen molar-refractivity contribution >= 4 is 0 Å². The Kier molecular flexibility index (Phi) is 3.69. The topological polar surface area (TPSA) is 26.0 Å². The SMILES string of the molecule is CC(N)CCC(F)F. The third-order valence-corrected chi connectivity index (χ3v) is 0.840. The van der Waals surface area contributed by atoms with Crippen molar-refractivity contribution in [3.63, 3.8) is 0 Å². The lowest BCUT2D eigenvalue weighted by Gasteiger charge is -2.01. The Morgan fingerprint density at radius 2 is 1.88 bits per heavy atom. The second-order valence-corrected chi connectivity index (χ2v) is 1.95. The molecule has 1 nitrogen and oxygen atoms in total. The van der Waals surface area contributed by atoms with E-state index in [0.717, 1.165) is 0 Å². The summed E-state index contributed by atoms with van der Waals surface area (Å²) in [7, 11) is 0. The lowest BCUT2D eigenvalue weighted by atomic mass is 10.2. The van der Waals surface area contributed by atoms with E-state index in [9.17, 15) is 8.78 Å². The summed E-state index contributed by atoms with van der Waals surface area (Å²) in [6, 6.07) is -0.0935. The van der Waals surface area contributed by atoms with Gasteiger partial charge in [0.2, 0.25) is 6.43 Å². The van der Waals surface area contributed by atoms with E-state index in [4.69, 9.17) is 5.73 Å². The molecule has 0 saturated heterocycles. The lowest BCUT2D eigenvalue weighted by molar-refractivity contribution is 0.132. The predicted molar refractivity (Wildman–Crippen MR) is 28.9 cm³/mol. The molecule has 0 saturated carbocycles. The molecule has 1 atom stereocenters. The van der Waals surface area contributed by atoms with Gasteiger partial charge in [0.1, 0.15) is 0 Å². The van der Waals surface area contributed by atoms with Gasteiger partial charge >= 0.3 is 0 Å². The fourth-order valence-electron chi connectivity index (χ4n) is 0.389. The average Bonchev–Trinajstić information content (AvgIpc) is 1.61. The van der Waals surface area contributed by atoms with Crippen molar-refractivity contribution in [3.05, 3.63) is 0 Å². The van der Waals surface area contributed by atoms with E-state index in [1.807, 2.05) is 0 Å². The summed E-state index contributed by atoms with van der Waals surface area (Å²) in [6.45, 7) is 1.72. The van der Waals surface area contributed by atoms with Gasteiger partial charge in [0.15, 0.2) is 0 Å². The molecule has 0 aromatic carbocycles. The Balaban J connectivity index is 2.93. The van der Waals surface area contributed by atoms with Gasteiger partial charge in [-0.15, -0.1) is 0 Å². The van der Waals surface area contributed by atoms with E-state index in [2.05, 4.69) is 0 Å². The molecule has 0 rings (SSSR count). The first kappa shape index (κ1) is 7.82. The van der Waals surface area contributed by atoms with E-state index in [-0.39, 0.29) is 12.5 Å². The van der Waals surface area contributed by atoms with Crippen molar-refractivity contribution in [2.75, 3.05) is 0 Å². The zero-order valence-electron chi connectivity index (χ0n) is 4.90. The van der Waals surface area contributed by atoms with Crippen LogP contribution in [0.1, 0.15) is 19.8 Å². The Morgan fingerprint density at radius 1 is 1.38 bits per heavy atom. The summed E-state index contributed by atoms with van der Waals surface area (Å²) in [6.07, 6.45) is -1.85. The molecular weight excluding hydrogens is 112 g/mol. The molecule has 0 aromatic rings. The van der Waals surface area contributed by atoms with Gasteiger partial charge in [-0.1, -0.05) is 0 Å². The van der Waals surface area contributed by atoms with Crippen molar-refractivity contribution in [2.24, 2.45) is 5.73 Å². The average molecular weight is 123 g/mol. The van der Waals surface area contributed by atoms with E-state index in [1.54, 1.807) is 6.92 Å². The van der Waals surface area contributed by atoms with Gasteiger partial charge in [-0.05, 0) is 13.3 Å². The molecule has 0 amide bonds. The van der Waals surface area contributed by atoms with Crippen LogP contribution in [0, 0.1) is 0 Å². The highest BCUT2D eigenvalue weighted by atomic mass is 19.3. The third kappa shape index (κ3) is 5.82. The second kappa shape index (κ2) is 3.78. The lowest BCUT2D eigenvalue weighted by Crippen LogP contribution is -2.15. The van der Waals surface area contributed by atoms with Crippen molar-refractivity contribution in [2.45, 2.75) is 32.2 Å². The monoisotopic (exact) mass is 123 g/mol. The number of halogens is 2. The number of rotatable bonds is 3. The molecule has 1 unspecified atom stereocenters. The van der Waals surface area contributed by atoms with Crippen LogP contribution in [0.5, 0.6) is 0 Å². The van der Waals surface area contributed by atoms with Crippen LogP contribution in [0.15, 0.2) is 0 Å². The molecule has 0 heterocycles. The summed E-state index contributed by atoms with van der Waals surface area (Å²) in [5.74, 6) is 0. The number of hydrogen-bond acceptors (Lipinski definition) is 1. The quantitative estimate of drug-likeness (QED) is 0.602. The summed E-state index contributed by atoms with van der Waals surface area (Å²) in [5.41, 5.74) is 5.21.